The Morgan fingerprint density at radius 2 is 1.76 bits per heavy atom. The Labute approximate surface area is 312 Å². The average Bonchev–Trinajstić information content (AvgIpc) is 3.30. The highest BCUT2D eigenvalue weighted by molar-refractivity contribution is 5.98. The maximum absolute atomic E-state index is 13.6. The molecule has 5 unspecified atom stereocenters. The van der Waals surface area contributed by atoms with Crippen LogP contribution in [0.3, 0.4) is 0 Å². The molecule has 16 nitrogen and oxygen atoms in total. The highest BCUT2D eigenvalue weighted by atomic mass is 16.7. The van der Waals surface area contributed by atoms with Gasteiger partial charge >= 0.3 is 17.9 Å². The zero-order valence-corrected chi connectivity index (χ0v) is 31.1. The van der Waals surface area contributed by atoms with Crippen LogP contribution in [0.1, 0.15) is 73.1 Å². The lowest BCUT2D eigenvalue weighted by Gasteiger charge is -2.63. The van der Waals surface area contributed by atoms with Gasteiger partial charge in [-0.25, -0.2) is 4.79 Å². The SMILES string of the molecule is CC(=O)OC[C@]12CC[C@H]3[C@@H](CC=C4CC=CC(=O)[C@@]43C)[C@]1(O)[C@@H](OC(C)=O)C[C@@]2(O)[C@@](C)(O)[C@H]1CC(C)=C(COC2OC(CO)C(O)C(O)C2O)C(=O)O1. The Morgan fingerprint density at radius 3 is 2.39 bits per heavy atom. The topological polar surface area (TPSA) is 256 Å². The second kappa shape index (κ2) is 14.2. The monoisotopic (exact) mass is 764 g/mol. The molecule has 1 saturated heterocycles. The quantitative estimate of drug-likeness (QED) is 0.0881. The lowest BCUT2D eigenvalue weighted by molar-refractivity contribution is -0.301. The number of hydrogen-bond donors (Lipinski definition) is 7. The molecule has 3 fully saturated rings. The van der Waals surface area contributed by atoms with Crippen molar-refractivity contribution in [2.45, 2.75) is 133 Å². The van der Waals surface area contributed by atoms with Gasteiger partial charge in [-0.3, -0.25) is 14.4 Å². The number of cyclic esters (lactones) is 1. The molecule has 2 heterocycles. The maximum Gasteiger partial charge on any atom is 0.336 e. The Hall–Kier alpha value is -3.06. The molecule has 6 rings (SSSR count). The highest BCUT2D eigenvalue weighted by Gasteiger charge is 2.82. The number of carbonyl (C=O) groups is 4. The van der Waals surface area contributed by atoms with E-state index in [1.54, 1.807) is 13.0 Å². The molecule has 300 valence electrons. The van der Waals surface area contributed by atoms with Gasteiger partial charge in [-0.15, -0.1) is 0 Å². The van der Waals surface area contributed by atoms with Crippen LogP contribution in [0, 0.1) is 22.7 Å². The summed E-state index contributed by atoms with van der Waals surface area (Å²) in [5.41, 5.74) is -8.66. The Bertz CT molecular complexity index is 1650. The molecular weight excluding hydrogens is 712 g/mol. The summed E-state index contributed by atoms with van der Waals surface area (Å²) in [7, 11) is 0. The summed E-state index contributed by atoms with van der Waals surface area (Å²) in [5.74, 6) is -3.88. The van der Waals surface area contributed by atoms with E-state index in [0.29, 0.717) is 12.0 Å². The summed E-state index contributed by atoms with van der Waals surface area (Å²) >= 11 is 0. The zero-order chi connectivity index (χ0) is 39.8. The number of aliphatic hydroxyl groups is 7. The molecule has 0 radical (unpaired) electrons. The molecule has 54 heavy (non-hydrogen) atoms. The number of allylic oxidation sites excluding steroid dienone is 4. The van der Waals surface area contributed by atoms with E-state index in [4.69, 9.17) is 23.7 Å². The van der Waals surface area contributed by atoms with Gasteiger partial charge in [-0.2, -0.15) is 0 Å². The van der Waals surface area contributed by atoms with Crippen LogP contribution in [0.15, 0.2) is 34.9 Å². The fourth-order valence-electron chi connectivity index (χ4n) is 10.5. The molecule has 6 aliphatic rings. The minimum atomic E-state index is -2.44. The lowest BCUT2D eigenvalue weighted by atomic mass is 9.44. The molecule has 0 spiro atoms. The summed E-state index contributed by atoms with van der Waals surface area (Å²) in [6.07, 6.45) is -5.24. The van der Waals surface area contributed by atoms with Gasteiger partial charge in [-0.1, -0.05) is 23.3 Å². The number of carbonyl (C=O) groups excluding carboxylic acids is 4. The molecule has 0 amide bonds. The fraction of sp³-hybridized carbons (Fsp3) is 0.737. The van der Waals surface area contributed by atoms with E-state index in [1.165, 1.54) is 13.0 Å². The lowest BCUT2D eigenvalue weighted by Crippen LogP contribution is -2.75. The van der Waals surface area contributed by atoms with Gasteiger partial charge in [0.15, 0.2) is 12.1 Å². The van der Waals surface area contributed by atoms with Crippen molar-refractivity contribution in [1.82, 2.24) is 0 Å². The molecular formula is C38H52O16. The Balaban J connectivity index is 1.36. The molecule has 0 aromatic rings. The van der Waals surface area contributed by atoms with E-state index in [9.17, 15) is 54.9 Å². The molecule has 2 saturated carbocycles. The predicted octanol–water partition coefficient (Wildman–Crippen LogP) is -0.575. The van der Waals surface area contributed by atoms with Gasteiger partial charge in [0.1, 0.15) is 60.0 Å². The molecule has 16 heteroatoms. The number of esters is 3. The van der Waals surface area contributed by atoms with Gasteiger partial charge < -0.3 is 59.4 Å². The van der Waals surface area contributed by atoms with Gasteiger partial charge in [0, 0.05) is 26.7 Å². The van der Waals surface area contributed by atoms with Crippen LogP contribution in [-0.4, -0.2) is 139 Å². The van der Waals surface area contributed by atoms with Crippen molar-refractivity contribution in [2.75, 3.05) is 19.8 Å². The number of rotatable bonds is 9. The van der Waals surface area contributed by atoms with E-state index in [0.717, 1.165) is 19.4 Å². The van der Waals surface area contributed by atoms with Crippen molar-refractivity contribution in [3.8, 4) is 0 Å². The molecule has 0 bridgehead atoms. The molecule has 0 aromatic heterocycles. The second-order valence-electron chi connectivity index (χ2n) is 16.3. The largest absolute Gasteiger partial charge is 0.465 e. The van der Waals surface area contributed by atoms with Gasteiger partial charge in [0.05, 0.1) is 29.6 Å². The van der Waals surface area contributed by atoms with Gasteiger partial charge in [-0.05, 0) is 64.4 Å². The minimum Gasteiger partial charge on any atom is -0.465 e. The number of aliphatic hydroxyl groups excluding tert-OH is 4. The van der Waals surface area contributed by atoms with Crippen molar-refractivity contribution in [2.24, 2.45) is 22.7 Å². The standard InChI is InChI=1S/C38H52O16/c1-18-13-27(54-32(46)22(18)16-50-33-31(45)30(44)29(43)25(15-39)53-33)35(5,47)37(48)14-28(52-20(3)41)38(49)24-10-9-21-7-6-8-26(42)34(21,4)23(24)11-12-36(37,38)17-51-19(2)40/h6,8-9,23-25,27-31,33,39,43-45,47-49H,7,10-17H2,1-5H3/t23-,24+,25?,27+,28-,29?,30?,31?,33?,34-,35-,36-,37+,38-/m0/s1. The van der Waals surface area contributed by atoms with Crippen LogP contribution in [0.4, 0.5) is 0 Å². The average molecular weight is 765 g/mol. The van der Waals surface area contributed by atoms with Crippen LogP contribution in [-0.2, 0) is 42.9 Å². The smallest absolute Gasteiger partial charge is 0.336 e. The normalized spacial score (nSPS) is 44.3. The molecule has 7 N–H and O–H groups in total. The Morgan fingerprint density at radius 1 is 1.06 bits per heavy atom. The summed E-state index contributed by atoms with van der Waals surface area (Å²) in [5, 5.41) is 79.2. The third-order valence-electron chi connectivity index (χ3n) is 13.6. The van der Waals surface area contributed by atoms with Crippen molar-refractivity contribution >= 4 is 23.7 Å². The fourth-order valence-corrected chi connectivity index (χ4v) is 10.5. The van der Waals surface area contributed by atoms with Crippen LogP contribution < -0.4 is 0 Å². The predicted molar refractivity (Wildman–Crippen MR) is 182 cm³/mol. The first-order chi connectivity index (χ1) is 25.2. The van der Waals surface area contributed by atoms with E-state index in [1.807, 2.05) is 13.0 Å². The maximum atomic E-state index is 13.6. The zero-order valence-electron chi connectivity index (χ0n) is 31.1. The summed E-state index contributed by atoms with van der Waals surface area (Å²) in [6.45, 7) is 5.17. The Kier molecular flexibility index (Phi) is 10.6. The van der Waals surface area contributed by atoms with Gasteiger partial charge in [0.25, 0.3) is 0 Å². The summed E-state index contributed by atoms with van der Waals surface area (Å²) in [4.78, 5) is 52.2. The third-order valence-corrected chi connectivity index (χ3v) is 13.6. The van der Waals surface area contributed by atoms with E-state index in [-0.39, 0.29) is 37.0 Å². The third kappa shape index (κ3) is 5.83. The number of hydrogen-bond acceptors (Lipinski definition) is 16. The molecule has 2 aliphatic heterocycles. The van der Waals surface area contributed by atoms with Crippen LogP contribution in [0.25, 0.3) is 0 Å². The minimum absolute atomic E-state index is 0.0221. The van der Waals surface area contributed by atoms with Crippen molar-refractivity contribution in [3.05, 3.63) is 34.9 Å². The van der Waals surface area contributed by atoms with Crippen LogP contribution >= 0.6 is 0 Å². The van der Waals surface area contributed by atoms with Crippen molar-refractivity contribution < 1.29 is 78.6 Å². The summed E-state index contributed by atoms with van der Waals surface area (Å²) < 4.78 is 28.1. The van der Waals surface area contributed by atoms with E-state index in [2.05, 4.69) is 0 Å². The number of ketones is 1. The van der Waals surface area contributed by atoms with E-state index >= 15 is 0 Å². The molecule has 14 atom stereocenters. The van der Waals surface area contributed by atoms with Crippen LogP contribution in [0.5, 0.6) is 0 Å². The highest BCUT2D eigenvalue weighted by Crippen LogP contribution is 2.71. The molecule has 4 aliphatic carbocycles. The first kappa shape index (κ1) is 40.6. The van der Waals surface area contributed by atoms with E-state index < -0.39 is 127 Å². The summed E-state index contributed by atoms with van der Waals surface area (Å²) in [6, 6.07) is 0. The van der Waals surface area contributed by atoms with Crippen LogP contribution in [0.2, 0.25) is 0 Å². The first-order valence-corrected chi connectivity index (χ1v) is 18.4. The second-order valence-corrected chi connectivity index (χ2v) is 16.3. The van der Waals surface area contributed by atoms with Gasteiger partial charge in [0.2, 0.25) is 0 Å². The number of ether oxygens (including phenoxy) is 5. The number of fused-ring (bicyclic) bond motifs is 5. The van der Waals surface area contributed by atoms with Crippen molar-refractivity contribution in [1.29, 1.82) is 0 Å². The molecule has 0 aromatic carbocycles. The first-order valence-electron chi connectivity index (χ1n) is 18.4. The van der Waals surface area contributed by atoms with Crippen molar-refractivity contribution in [3.63, 3.8) is 0 Å².